The maximum absolute atomic E-state index is 12.6. The van der Waals surface area contributed by atoms with Crippen LogP contribution in [-0.2, 0) is 11.3 Å². The summed E-state index contributed by atoms with van der Waals surface area (Å²) in [5.41, 5.74) is 6.81. The molecule has 0 aliphatic carbocycles. The third kappa shape index (κ3) is 5.17. The molecular weight excluding hydrogens is 344 g/mol. The van der Waals surface area contributed by atoms with Crippen LogP contribution < -0.4 is 11.1 Å². The highest BCUT2D eigenvalue weighted by Crippen LogP contribution is 2.17. The number of carbonyl (C=O) groups excluding carboxylic acids is 3. The summed E-state index contributed by atoms with van der Waals surface area (Å²) in [6.45, 7) is 5.21. The fourth-order valence-electron chi connectivity index (χ4n) is 2.60. The minimum Gasteiger partial charge on any atom is -0.341 e. The maximum atomic E-state index is 12.6. The second-order valence-corrected chi connectivity index (χ2v) is 6.87. The van der Waals surface area contributed by atoms with E-state index in [1.165, 1.54) is 0 Å². The molecule has 0 saturated carbocycles. The van der Waals surface area contributed by atoms with E-state index in [4.69, 9.17) is 5.73 Å². The molecule has 0 spiro atoms. The molecule has 7 nitrogen and oxygen atoms in total. The van der Waals surface area contributed by atoms with Crippen LogP contribution in [0.1, 0.15) is 29.8 Å². The number of halogens is 1. The number of nitrogens with zero attached hydrogens (tertiary/aromatic N) is 2. The predicted molar refractivity (Wildman–Crippen MR) is 97.4 cm³/mol. The van der Waals surface area contributed by atoms with E-state index in [2.05, 4.69) is 5.32 Å². The van der Waals surface area contributed by atoms with Crippen molar-refractivity contribution in [2.24, 2.45) is 11.1 Å². The third-order valence-electron chi connectivity index (χ3n) is 4.02. The topological polar surface area (TPSA) is 95.7 Å². The summed E-state index contributed by atoms with van der Waals surface area (Å²) in [5, 5.41) is 2.48. The SMILES string of the molecule is CN(CC(C)(C)CN)C(=O)c1cccc(CN2C(=O)CNC2=O)c1.Cl. The van der Waals surface area contributed by atoms with Crippen LogP contribution >= 0.6 is 12.4 Å². The Bertz CT molecular complexity index is 647. The molecule has 8 heteroatoms. The summed E-state index contributed by atoms with van der Waals surface area (Å²) < 4.78 is 0. The Morgan fingerprint density at radius 3 is 2.60 bits per heavy atom. The van der Waals surface area contributed by atoms with Gasteiger partial charge in [0.25, 0.3) is 5.91 Å². The molecule has 1 aromatic rings. The van der Waals surface area contributed by atoms with Gasteiger partial charge in [0.05, 0.1) is 13.1 Å². The summed E-state index contributed by atoms with van der Waals surface area (Å²) >= 11 is 0. The van der Waals surface area contributed by atoms with Crippen molar-refractivity contribution in [3.63, 3.8) is 0 Å². The van der Waals surface area contributed by atoms with Crippen LogP contribution in [0.4, 0.5) is 4.79 Å². The first kappa shape index (κ1) is 20.9. The molecule has 1 aromatic carbocycles. The molecule has 1 heterocycles. The Morgan fingerprint density at radius 1 is 1.36 bits per heavy atom. The zero-order valence-electron chi connectivity index (χ0n) is 14.7. The zero-order valence-corrected chi connectivity index (χ0v) is 15.6. The lowest BCUT2D eigenvalue weighted by molar-refractivity contribution is -0.125. The van der Waals surface area contributed by atoms with E-state index < -0.39 is 6.03 Å². The Kier molecular flexibility index (Phi) is 6.96. The van der Waals surface area contributed by atoms with Gasteiger partial charge in [0, 0.05) is 19.2 Å². The number of hydrogen-bond donors (Lipinski definition) is 2. The fourth-order valence-corrected chi connectivity index (χ4v) is 2.60. The maximum Gasteiger partial charge on any atom is 0.324 e. The molecule has 0 unspecified atom stereocenters. The normalized spacial score (nSPS) is 14.2. The van der Waals surface area contributed by atoms with Crippen LogP contribution in [-0.4, -0.2) is 54.3 Å². The van der Waals surface area contributed by atoms with E-state index in [0.717, 1.165) is 10.5 Å². The van der Waals surface area contributed by atoms with Gasteiger partial charge in [-0.2, -0.15) is 0 Å². The number of hydrogen-bond acceptors (Lipinski definition) is 4. The van der Waals surface area contributed by atoms with E-state index in [-0.39, 0.29) is 42.7 Å². The molecule has 0 bridgehead atoms. The zero-order chi connectivity index (χ0) is 17.9. The first-order valence-electron chi connectivity index (χ1n) is 7.86. The number of nitrogens with two attached hydrogens (primary N) is 1. The van der Waals surface area contributed by atoms with Gasteiger partial charge >= 0.3 is 6.03 Å². The lowest BCUT2D eigenvalue weighted by atomic mass is 9.93. The number of amides is 4. The second kappa shape index (κ2) is 8.31. The van der Waals surface area contributed by atoms with Crippen LogP contribution in [0.5, 0.6) is 0 Å². The monoisotopic (exact) mass is 368 g/mol. The number of benzene rings is 1. The minimum atomic E-state index is -0.404. The Labute approximate surface area is 153 Å². The summed E-state index contributed by atoms with van der Waals surface area (Å²) in [6.07, 6.45) is 0. The van der Waals surface area contributed by atoms with Crippen molar-refractivity contribution < 1.29 is 14.4 Å². The third-order valence-corrected chi connectivity index (χ3v) is 4.02. The molecule has 1 aliphatic rings. The average Bonchev–Trinajstić information content (AvgIpc) is 2.86. The molecular formula is C17H25ClN4O3. The quantitative estimate of drug-likeness (QED) is 0.738. The van der Waals surface area contributed by atoms with E-state index in [1.54, 1.807) is 36.2 Å². The fraction of sp³-hybridized carbons (Fsp3) is 0.471. The largest absolute Gasteiger partial charge is 0.341 e. The molecule has 0 aromatic heterocycles. The smallest absolute Gasteiger partial charge is 0.324 e. The highest BCUT2D eigenvalue weighted by molar-refractivity contribution is 6.02. The molecule has 1 fully saturated rings. The van der Waals surface area contributed by atoms with E-state index >= 15 is 0 Å². The number of imide groups is 1. The van der Waals surface area contributed by atoms with Gasteiger partial charge in [-0.1, -0.05) is 26.0 Å². The molecule has 25 heavy (non-hydrogen) atoms. The summed E-state index contributed by atoms with van der Waals surface area (Å²) in [6, 6.07) is 6.58. The Balaban J connectivity index is 0.00000312. The van der Waals surface area contributed by atoms with Crippen molar-refractivity contribution in [1.29, 1.82) is 0 Å². The first-order chi connectivity index (χ1) is 11.2. The van der Waals surface area contributed by atoms with Crippen molar-refractivity contribution in [3.8, 4) is 0 Å². The predicted octanol–water partition coefficient (Wildman–Crippen LogP) is 1.22. The van der Waals surface area contributed by atoms with Crippen LogP contribution in [0.3, 0.4) is 0 Å². The lowest BCUT2D eigenvalue weighted by Gasteiger charge is -2.29. The van der Waals surface area contributed by atoms with Crippen molar-refractivity contribution in [1.82, 2.24) is 15.1 Å². The summed E-state index contributed by atoms with van der Waals surface area (Å²) in [4.78, 5) is 38.6. The molecule has 1 saturated heterocycles. The highest BCUT2D eigenvalue weighted by atomic mass is 35.5. The number of carbonyl (C=O) groups is 3. The second-order valence-electron chi connectivity index (χ2n) is 6.87. The van der Waals surface area contributed by atoms with Crippen molar-refractivity contribution in [2.75, 3.05) is 26.7 Å². The van der Waals surface area contributed by atoms with Crippen molar-refractivity contribution in [2.45, 2.75) is 20.4 Å². The molecule has 3 N–H and O–H groups in total. The van der Waals surface area contributed by atoms with E-state index in [9.17, 15) is 14.4 Å². The Morgan fingerprint density at radius 2 is 2.04 bits per heavy atom. The van der Waals surface area contributed by atoms with Crippen LogP contribution in [0.15, 0.2) is 24.3 Å². The van der Waals surface area contributed by atoms with Gasteiger partial charge in [0.1, 0.15) is 0 Å². The highest BCUT2D eigenvalue weighted by Gasteiger charge is 2.28. The van der Waals surface area contributed by atoms with Gasteiger partial charge in [-0.15, -0.1) is 12.4 Å². The summed E-state index contributed by atoms with van der Waals surface area (Å²) in [7, 11) is 1.74. The Hall–Kier alpha value is -2.12. The van der Waals surface area contributed by atoms with Gasteiger partial charge < -0.3 is 16.0 Å². The molecule has 138 valence electrons. The molecule has 4 amide bonds. The van der Waals surface area contributed by atoms with E-state index in [1.807, 2.05) is 13.8 Å². The molecule has 0 atom stereocenters. The van der Waals surface area contributed by atoms with Gasteiger partial charge in [-0.25, -0.2) is 4.79 Å². The van der Waals surface area contributed by atoms with Crippen LogP contribution in [0.2, 0.25) is 0 Å². The van der Waals surface area contributed by atoms with Gasteiger partial charge in [0.15, 0.2) is 0 Å². The minimum absolute atomic E-state index is 0. The molecule has 1 aliphatic heterocycles. The van der Waals surface area contributed by atoms with Gasteiger partial charge in [-0.3, -0.25) is 14.5 Å². The lowest BCUT2D eigenvalue weighted by Crippen LogP contribution is -2.39. The molecule has 0 radical (unpaired) electrons. The average molecular weight is 369 g/mol. The summed E-state index contributed by atoms with van der Waals surface area (Å²) in [5.74, 6) is -0.380. The van der Waals surface area contributed by atoms with Gasteiger partial charge in [-0.05, 0) is 29.7 Å². The van der Waals surface area contributed by atoms with Crippen molar-refractivity contribution in [3.05, 3.63) is 35.4 Å². The van der Waals surface area contributed by atoms with E-state index in [0.29, 0.717) is 18.7 Å². The number of rotatable bonds is 6. The van der Waals surface area contributed by atoms with Gasteiger partial charge in [0.2, 0.25) is 5.91 Å². The van der Waals surface area contributed by atoms with Crippen LogP contribution in [0.25, 0.3) is 0 Å². The first-order valence-corrected chi connectivity index (χ1v) is 7.86. The number of urea groups is 1. The van der Waals surface area contributed by atoms with Crippen LogP contribution in [0, 0.1) is 5.41 Å². The number of nitrogens with one attached hydrogen (secondary N) is 1. The standard InChI is InChI=1S/C17H24N4O3.ClH/c1-17(2,10-18)11-20(3)15(23)13-6-4-5-12(7-13)9-21-14(22)8-19-16(21)24;/h4-7H,8-11,18H2,1-3H3,(H,19,24);1H. The molecule has 2 rings (SSSR count). The van der Waals surface area contributed by atoms with Crippen molar-refractivity contribution >= 4 is 30.3 Å².